The van der Waals surface area contributed by atoms with E-state index in [1.54, 1.807) is 62.7 Å². The maximum absolute atomic E-state index is 2.33. The Bertz CT molecular complexity index is 815. The number of unbranched alkanes of at least 4 members (excludes halogenated alkanes) is 60. The van der Waals surface area contributed by atoms with Crippen LogP contribution in [-0.4, -0.2) is 37.0 Å². The minimum absolute atomic E-state index is 0.259. The summed E-state index contributed by atoms with van der Waals surface area (Å²) >= 11 is 0. The van der Waals surface area contributed by atoms with E-state index in [0.717, 1.165) is 0 Å². The third-order valence-electron chi connectivity index (χ3n) is 18.0. The van der Waals surface area contributed by atoms with Crippen molar-refractivity contribution in [1.82, 2.24) is 0 Å². The Labute approximate surface area is 488 Å². The van der Waals surface area contributed by atoms with Gasteiger partial charge in [0.05, 0.1) is 0 Å². The van der Waals surface area contributed by atoms with Gasteiger partial charge in [-0.15, -0.1) is 15.8 Å². The fraction of sp³-hybridized carbons (Fsp3) is 1.00. The molecule has 0 aliphatic rings. The molecule has 0 unspecified atom stereocenters. The highest BCUT2D eigenvalue weighted by Crippen LogP contribution is 2.46. The van der Waals surface area contributed by atoms with E-state index in [4.69, 9.17) is 0 Å². The van der Waals surface area contributed by atoms with E-state index in [0.29, 0.717) is 0 Å². The van der Waals surface area contributed by atoms with E-state index in [1.807, 2.05) is 0 Å². The molecule has 0 heterocycles. The fourth-order valence-electron chi connectivity index (χ4n) is 12.5. The molecule has 0 saturated carbocycles. The summed E-state index contributed by atoms with van der Waals surface area (Å²) in [6.45, 7) is 9.33. The minimum atomic E-state index is 0.259. The van der Waals surface area contributed by atoms with Gasteiger partial charge in [-0.2, -0.15) is 0 Å². The minimum Gasteiger partial charge on any atom is -0.106 e. The van der Waals surface area contributed by atoms with Gasteiger partial charge in [-0.3, -0.25) is 0 Å². The largest absolute Gasteiger partial charge is 0.106 e. The van der Waals surface area contributed by atoms with Gasteiger partial charge in [0.1, 0.15) is 0 Å². The molecule has 0 nitrogen and oxygen atoms in total. The second kappa shape index (κ2) is 72.0. The Balaban J connectivity index is 4.83. The number of hydrogen-bond donors (Lipinski definition) is 0. The van der Waals surface area contributed by atoms with Crippen molar-refractivity contribution in [3.63, 3.8) is 0 Å². The standard InChI is InChI=1S/C74H152P2/c1-5-9-13-17-21-25-29-33-37-41-45-49-53-57-61-65-69-75(70-66-62-58-54-50-46-42-38-34-30-26-22-18-14-10-6-2)73-74-76(71-67-63-59-55-51-47-43-39-35-31-27-23-19-15-11-7-3)72-68-64-60-56-52-48-44-40-36-32-28-24-20-16-12-8-4/h5-74H2,1-4H3. The molecule has 0 aromatic rings. The van der Waals surface area contributed by atoms with Gasteiger partial charge in [-0.05, 0) is 62.7 Å². The molecule has 2 heteroatoms. The molecular formula is C74H152P2. The van der Waals surface area contributed by atoms with Crippen molar-refractivity contribution in [3.8, 4) is 0 Å². The van der Waals surface area contributed by atoms with E-state index in [9.17, 15) is 0 Å². The first-order valence-corrected chi connectivity index (χ1v) is 41.0. The smallest absolute Gasteiger partial charge is 0.0286 e. The summed E-state index contributed by atoms with van der Waals surface area (Å²) in [5.41, 5.74) is 0. The molecule has 0 bridgehead atoms. The number of hydrogen-bond acceptors (Lipinski definition) is 0. The highest BCUT2D eigenvalue weighted by Gasteiger charge is 2.14. The van der Waals surface area contributed by atoms with Crippen LogP contribution in [0.2, 0.25) is 0 Å². The third-order valence-corrected chi connectivity index (χ3v) is 23.9. The lowest BCUT2D eigenvalue weighted by molar-refractivity contribution is 0.531. The second-order valence-electron chi connectivity index (χ2n) is 25.9. The van der Waals surface area contributed by atoms with Crippen LogP contribution >= 0.6 is 15.8 Å². The van der Waals surface area contributed by atoms with Gasteiger partial charge in [0.15, 0.2) is 0 Å². The van der Waals surface area contributed by atoms with Crippen LogP contribution in [0.4, 0.5) is 0 Å². The van der Waals surface area contributed by atoms with Crippen molar-refractivity contribution in [2.24, 2.45) is 0 Å². The molecule has 0 aromatic carbocycles. The van der Waals surface area contributed by atoms with Crippen LogP contribution in [0.1, 0.15) is 439 Å². The van der Waals surface area contributed by atoms with Crippen LogP contribution < -0.4 is 0 Å². The molecule has 0 saturated heterocycles. The maximum atomic E-state index is 2.33. The Morgan fingerprint density at radius 1 is 0.105 bits per heavy atom. The van der Waals surface area contributed by atoms with Gasteiger partial charge in [-0.25, -0.2) is 0 Å². The summed E-state index contributed by atoms with van der Waals surface area (Å²) in [6.07, 6.45) is 105. The van der Waals surface area contributed by atoms with Crippen molar-refractivity contribution in [3.05, 3.63) is 0 Å². The van der Waals surface area contributed by atoms with E-state index >= 15 is 0 Å². The average molecular weight is 1100 g/mol. The zero-order chi connectivity index (χ0) is 54.7. The van der Waals surface area contributed by atoms with Crippen LogP contribution in [0.15, 0.2) is 0 Å². The Kier molecular flexibility index (Phi) is 72.8. The molecule has 0 spiro atoms. The van der Waals surface area contributed by atoms with Gasteiger partial charge >= 0.3 is 0 Å². The molecular weight excluding hydrogens is 951 g/mol. The highest BCUT2D eigenvalue weighted by molar-refractivity contribution is 7.61. The predicted molar refractivity (Wildman–Crippen MR) is 361 cm³/mol. The van der Waals surface area contributed by atoms with Crippen molar-refractivity contribution in [2.75, 3.05) is 37.0 Å². The lowest BCUT2D eigenvalue weighted by atomic mass is 10.0. The lowest BCUT2D eigenvalue weighted by Crippen LogP contribution is -2.04. The SMILES string of the molecule is CCCCCCCCCCCCCCCCCCP(CCCCCCCCCCCCCCCCCC)CCP(CCCCCCCCCCCCCCCCCC)CCCCCCCCCCCCCCCCCC. The van der Waals surface area contributed by atoms with Crippen molar-refractivity contribution < 1.29 is 0 Å². The third kappa shape index (κ3) is 67.4. The zero-order valence-electron chi connectivity index (χ0n) is 54.4. The van der Waals surface area contributed by atoms with Crippen LogP contribution in [-0.2, 0) is 0 Å². The molecule has 0 atom stereocenters. The van der Waals surface area contributed by atoms with Gasteiger partial charge in [0.25, 0.3) is 0 Å². The Morgan fingerprint density at radius 3 is 0.303 bits per heavy atom. The van der Waals surface area contributed by atoms with Crippen LogP contribution in [0.25, 0.3) is 0 Å². The van der Waals surface area contributed by atoms with Gasteiger partial charge in [-0.1, -0.05) is 413 Å². The van der Waals surface area contributed by atoms with E-state index in [2.05, 4.69) is 27.7 Å². The molecule has 458 valence electrons. The lowest BCUT2D eigenvalue weighted by Gasteiger charge is -2.23. The Morgan fingerprint density at radius 2 is 0.197 bits per heavy atom. The number of rotatable bonds is 71. The zero-order valence-corrected chi connectivity index (χ0v) is 56.2. The van der Waals surface area contributed by atoms with Crippen molar-refractivity contribution in [2.45, 2.75) is 439 Å². The molecule has 0 radical (unpaired) electrons. The molecule has 0 aliphatic carbocycles. The highest BCUT2D eigenvalue weighted by atomic mass is 31.1. The van der Waals surface area contributed by atoms with Crippen LogP contribution in [0.3, 0.4) is 0 Å². The van der Waals surface area contributed by atoms with Gasteiger partial charge < -0.3 is 0 Å². The molecule has 0 amide bonds. The van der Waals surface area contributed by atoms with Crippen molar-refractivity contribution >= 4 is 15.8 Å². The van der Waals surface area contributed by atoms with Gasteiger partial charge in [0.2, 0.25) is 0 Å². The molecule has 0 aliphatic heterocycles. The predicted octanol–water partition coefficient (Wildman–Crippen LogP) is 29.0. The molecule has 76 heavy (non-hydrogen) atoms. The average Bonchev–Trinajstić information content (AvgIpc) is 3.43. The Hall–Kier alpha value is 0.860. The van der Waals surface area contributed by atoms with E-state index in [-0.39, 0.29) is 15.8 Å². The summed E-state index contributed by atoms with van der Waals surface area (Å²) in [6, 6.07) is 0. The molecule has 0 aromatic heterocycles. The van der Waals surface area contributed by atoms with Gasteiger partial charge in [0, 0.05) is 0 Å². The maximum Gasteiger partial charge on any atom is -0.0286 e. The molecule has 0 N–H and O–H groups in total. The molecule has 0 rings (SSSR count). The van der Waals surface area contributed by atoms with Crippen molar-refractivity contribution in [1.29, 1.82) is 0 Å². The summed E-state index contributed by atoms with van der Waals surface area (Å²) in [7, 11) is 0.518. The topological polar surface area (TPSA) is 0 Å². The normalized spacial score (nSPS) is 11.9. The summed E-state index contributed by atoms with van der Waals surface area (Å²) < 4.78 is 0. The van der Waals surface area contributed by atoms with E-state index < -0.39 is 0 Å². The van der Waals surface area contributed by atoms with E-state index in [1.165, 1.54) is 385 Å². The fourth-order valence-corrected chi connectivity index (χ4v) is 18.8. The second-order valence-corrected chi connectivity index (χ2v) is 31.3. The van der Waals surface area contributed by atoms with Crippen LogP contribution in [0, 0.1) is 0 Å². The monoisotopic (exact) mass is 1100 g/mol. The summed E-state index contributed by atoms with van der Waals surface area (Å²) in [4.78, 5) is 0. The first kappa shape index (κ1) is 76.9. The van der Waals surface area contributed by atoms with Crippen LogP contribution in [0.5, 0.6) is 0 Å². The summed E-state index contributed by atoms with van der Waals surface area (Å²) in [5, 5.41) is 0. The first-order valence-electron chi connectivity index (χ1n) is 37.2. The first-order chi connectivity index (χ1) is 37.8. The summed E-state index contributed by atoms with van der Waals surface area (Å²) in [5.74, 6) is 0. The quantitative estimate of drug-likeness (QED) is 0.0421. The molecule has 0 fully saturated rings.